The highest BCUT2D eigenvalue weighted by atomic mass is 79.9. The Morgan fingerprint density at radius 2 is 1.88 bits per heavy atom. The first kappa shape index (κ1) is 19.1. The van der Waals surface area contributed by atoms with Gasteiger partial charge in [-0.25, -0.2) is 0 Å². The quantitative estimate of drug-likeness (QED) is 0.625. The summed E-state index contributed by atoms with van der Waals surface area (Å²) < 4.78 is 7.28. The molecule has 0 radical (unpaired) electrons. The van der Waals surface area contributed by atoms with Crippen molar-refractivity contribution in [3.8, 4) is 5.75 Å². The molecule has 0 bridgehead atoms. The standard InChI is InChI=1S/C20H19Br2NO3/c1-10-6-13(21)20(14(22)7-10)23-17(25)9-26-16-5-4-11(2)18-12(3)8-15(24)19(16)18/h4-7,12H,8-9H2,1-3H3,(H,23,25)/t12-/m0/s1. The van der Waals surface area contributed by atoms with E-state index in [4.69, 9.17) is 4.74 Å². The SMILES string of the molecule is Cc1cc(Br)c(NC(=O)COc2ccc(C)c3c2C(=O)C[C@@H]3C)c(Br)c1. The van der Waals surface area contributed by atoms with Crippen molar-refractivity contribution >= 4 is 49.2 Å². The Labute approximate surface area is 169 Å². The molecule has 0 heterocycles. The van der Waals surface area contributed by atoms with Crippen LogP contribution in [0, 0.1) is 13.8 Å². The summed E-state index contributed by atoms with van der Waals surface area (Å²) in [6.07, 6.45) is 0.492. The number of carbonyl (C=O) groups excluding carboxylic acids is 2. The van der Waals surface area contributed by atoms with Crippen LogP contribution < -0.4 is 10.1 Å². The number of benzene rings is 2. The maximum absolute atomic E-state index is 12.3. The summed E-state index contributed by atoms with van der Waals surface area (Å²) in [5.74, 6) is 0.463. The van der Waals surface area contributed by atoms with Crippen molar-refractivity contribution in [2.75, 3.05) is 11.9 Å². The Morgan fingerprint density at radius 3 is 2.54 bits per heavy atom. The summed E-state index contributed by atoms with van der Waals surface area (Å²) in [6.45, 7) is 5.85. The lowest BCUT2D eigenvalue weighted by Gasteiger charge is -2.14. The second kappa shape index (κ2) is 7.53. The lowest BCUT2D eigenvalue weighted by molar-refractivity contribution is -0.118. The van der Waals surface area contributed by atoms with Crippen molar-refractivity contribution in [1.29, 1.82) is 0 Å². The van der Waals surface area contributed by atoms with Crippen LogP contribution in [0.2, 0.25) is 0 Å². The molecule has 1 atom stereocenters. The van der Waals surface area contributed by atoms with Gasteiger partial charge < -0.3 is 10.1 Å². The minimum absolute atomic E-state index is 0.0793. The van der Waals surface area contributed by atoms with Crippen LogP contribution >= 0.6 is 31.9 Å². The zero-order valence-electron chi connectivity index (χ0n) is 14.8. The Morgan fingerprint density at radius 1 is 1.23 bits per heavy atom. The third-order valence-electron chi connectivity index (χ3n) is 4.50. The lowest BCUT2D eigenvalue weighted by Crippen LogP contribution is -2.21. The van der Waals surface area contributed by atoms with Gasteiger partial charge in [-0.05, 0) is 86.5 Å². The molecule has 4 nitrogen and oxygen atoms in total. The highest BCUT2D eigenvalue weighted by Gasteiger charge is 2.31. The first-order chi connectivity index (χ1) is 12.3. The van der Waals surface area contributed by atoms with Crippen LogP contribution in [0.3, 0.4) is 0 Å². The van der Waals surface area contributed by atoms with E-state index >= 15 is 0 Å². The van der Waals surface area contributed by atoms with Crippen LogP contribution in [0.1, 0.15) is 46.3 Å². The fourth-order valence-corrected chi connectivity index (χ4v) is 4.98. The molecule has 0 aromatic heterocycles. The topological polar surface area (TPSA) is 55.4 Å². The Bertz CT molecular complexity index is 885. The van der Waals surface area contributed by atoms with Crippen molar-refractivity contribution in [1.82, 2.24) is 0 Å². The largest absolute Gasteiger partial charge is 0.483 e. The van der Waals surface area contributed by atoms with Crippen molar-refractivity contribution in [2.24, 2.45) is 0 Å². The number of nitrogens with one attached hydrogen (secondary N) is 1. The number of aryl methyl sites for hydroxylation is 2. The van der Waals surface area contributed by atoms with Gasteiger partial charge in [-0.2, -0.15) is 0 Å². The summed E-state index contributed by atoms with van der Waals surface area (Å²) in [7, 11) is 0. The van der Waals surface area contributed by atoms with Crippen LogP contribution in [0.4, 0.5) is 5.69 Å². The molecule has 6 heteroatoms. The van der Waals surface area contributed by atoms with Crippen molar-refractivity contribution in [3.05, 3.63) is 55.5 Å². The fourth-order valence-electron chi connectivity index (χ4n) is 3.37. The maximum Gasteiger partial charge on any atom is 0.262 e. The Balaban J connectivity index is 1.75. The van der Waals surface area contributed by atoms with E-state index in [1.54, 1.807) is 6.07 Å². The first-order valence-electron chi connectivity index (χ1n) is 8.33. The Kier molecular flexibility index (Phi) is 5.53. The summed E-state index contributed by atoms with van der Waals surface area (Å²) in [4.78, 5) is 24.6. The van der Waals surface area contributed by atoms with Crippen LogP contribution in [-0.4, -0.2) is 18.3 Å². The number of carbonyl (C=O) groups is 2. The van der Waals surface area contributed by atoms with Gasteiger partial charge in [0.25, 0.3) is 5.91 Å². The number of anilines is 1. The number of hydrogen-bond acceptors (Lipinski definition) is 3. The summed E-state index contributed by atoms with van der Waals surface area (Å²) >= 11 is 6.91. The van der Waals surface area contributed by atoms with E-state index in [-0.39, 0.29) is 24.2 Å². The molecule has 0 spiro atoms. The molecule has 2 aromatic carbocycles. The minimum Gasteiger partial charge on any atom is -0.483 e. The number of halogens is 2. The van der Waals surface area contributed by atoms with E-state index in [0.29, 0.717) is 23.4 Å². The molecule has 136 valence electrons. The van der Waals surface area contributed by atoms with Crippen LogP contribution in [0.25, 0.3) is 0 Å². The minimum atomic E-state index is -0.289. The van der Waals surface area contributed by atoms with Crippen molar-refractivity contribution in [2.45, 2.75) is 33.1 Å². The first-order valence-corrected chi connectivity index (χ1v) is 9.91. The van der Waals surface area contributed by atoms with Gasteiger partial charge in [0.2, 0.25) is 0 Å². The molecule has 1 N–H and O–H groups in total. The van der Waals surface area contributed by atoms with Gasteiger partial charge in [-0.3, -0.25) is 9.59 Å². The molecule has 0 unspecified atom stereocenters. The zero-order chi connectivity index (χ0) is 19.0. The van der Waals surface area contributed by atoms with Gasteiger partial charge in [-0.1, -0.05) is 13.0 Å². The zero-order valence-corrected chi connectivity index (χ0v) is 18.0. The number of rotatable bonds is 4. The molecule has 1 aliphatic carbocycles. The van der Waals surface area contributed by atoms with E-state index in [1.165, 1.54) is 0 Å². The van der Waals surface area contributed by atoms with E-state index in [2.05, 4.69) is 37.2 Å². The van der Waals surface area contributed by atoms with Crippen molar-refractivity contribution < 1.29 is 14.3 Å². The predicted octanol–water partition coefficient (Wildman–Crippen LogP) is 5.54. The maximum atomic E-state index is 12.3. The third kappa shape index (κ3) is 3.71. The second-order valence-electron chi connectivity index (χ2n) is 6.64. The second-order valence-corrected chi connectivity index (χ2v) is 8.35. The van der Waals surface area contributed by atoms with Gasteiger partial charge in [0.1, 0.15) is 5.75 Å². The molecule has 1 aliphatic rings. The number of Topliss-reactive ketones (excluding diaryl/α,β-unsaturated/α-hetero) is 1. The van der Waals surface area contributed by atoms with Gasteiger partial charge in [0.05, 0.1) is 11.3 Å². The molecule has 0 aliphatic heterocycles. The molecule has 2 aromatic rings. The van der Waals surface area contributed by atoms with E-state index in [1.807, 2.05) is 39.0 Å². The molecule has 26 heavy (non-hydrogen) atoms. The Hall–Kier alpha value is -1.66. The van der Waals surface area contributed by atoms with Crippen LogP contribution in [-0.2, 0) is 4.79 Å². The number of ketones is 1. The van der Waals surface area contributed by atoms with Crippen molar-refractivity contribution in [3.63, 3.8) is 0 Å². The molecular weight excluding hydrogens is 462 g/mol. The lowest BCUT2D eigenvalue weighted by atomic mass is 9.97. The van der Waals surface area contributed by atoms with Crippen LogP contribution in [0.5, 0.6) is 5.75 Å². The summed E-state index contributed by atoms with van der Waals surface area (Å²) in [5.41, 5.74) is 4.48. The van der Waals surface area contributed by atoms with Gasteiger partial charge >= 0.3 is 0 Å². The smallest absolute Gasteiger partial charge is 0.262 e. The fraction of sp³-hybridized carbons (Fsp3) is 0.300. The summed E-state index contributed by atoms with van der Waals surface area (Å²) in [5, 5.41) is 2.83. The highest BCUT2D eigenvalue weighted by Crippen LogP contribution is 2.40. The normalized spacial score (nSPS) is 15.7. The van der Waals surface area contributed by atoms with E-state index in [0.717, 1.165) is 25.6 Å². The number of hydrogen-bond donors (Lipinski definition) is 1. The summed E-state index contributed by atoms with van der Waals surface area (Å²) in [6, 6.07) is 7.56. The third-order valence-corrected chi connectivity index (χ3v) is 5.75. The average molecular weight is 481 g/mol. The molecular formula is C20H19Br2NO3. The highest BCUT2D eigenvalue weighted by molar-refractivity contribution is 9.11. The van der Waals surface area contributed by atoms with Gasteiger partial charge in [0, 0.05) is 15.4 Å². The number of amides is 1. The van der Waals surface area contributed by atoms with E-state index < -0.39 is 0 Å². The predicted molar refractivity (Wildman–Crippen MR) is 109 cm³/mol. The molecule has 1 amide bonds. The molecule has 0 saturated carbocycles. The number of fused-ring (bicyclic) bond motifs is 1. The molecule has 0 fully saturated rings. The van der Waals surface area contributed by atoms with Gasteiger partial charge in [0.15, 0.2) is 12.4 Å². The average Bonchev–Trinajstić information content (AvgIpc) is 2.86. The van der Waals surface area contributed by atoms with E-state index in [9.17, 15) is 9.59 Å². The monoisotopic (exact) mass is 479 g/mol. The van der Waals surface area contributed by atoms with Crippen LogP contribution in [0.15, 0.2) is 33.2 Å². The molecule has 0 saturated heterocycles. The van der Waals surface area contributed by atoms with Gasteiger partial charge in [-0.15, -0.1) is 0 Å². The number of ether oxygens (including phenoxy) is 1. The molecule has 3 rings (SSSR count).